The van der Waals surface area contributed by atoms with E-state index in [-0.39, 0.29) is 6.61 Å². The van der Waals surface area contributed by atoms with Crippen molar-refractivity contribution in [2.45, 2.75) is 11.3 Å². The summed E-state index contributed by atoms with van der Waals surface area (Å²) in [6.45, 7) is 0.135. The van der Waals surface area contributed by atoms with Crippen LogP contribution < -0.4 is 0 Å². The van der Waals surface area contributed by atoms with Crippen molar-refractivity contribution < 1.29 is 5.11 Å². The third-order valence-electron chi connectivity index (χ3n) is 2.81. The van der Waals surface area contributed by atoms with Gasteiger partial charge in [0.25, 0.3) is 0 Å². The van der Waals surface area contributed by atoms with Gasteiger partial charge in [0.15, 0.2) is 0 Å². The monoisotopic (exact) mass is 248 g/mol. The van der Waals surface area contributed by atoms with Gasteiger partial charge in [0.1, 0.15) is 5.82 Å². The van der Waals surface area contributed by atoms with Crippen LogP contribution in [-0.2, 0) is 13.5 Å². The van der Waals surface area contributed by atoms with E-state index in [2.05, 4.69) is 35.5 Å². The standard InChI is InChI=1S/C13H16N2OS/c1-15-12(9-14-13(15)7-8-16)10-3-5-11(17-2)6-4-10/h3-6,9,16H,7-8H2,1-2H3. The van der Waals surface area contributed by atoms with Gasteiger partial charge in [0, 0.05) is 18.4 Å². The van der Waals surface area contributed by atoms with Crippen molar-refractivity contribution in [3.63, 3.8) is 0 Å². The van der Waals surface area contributed by atoms with Gasteiger partial charge in [-0.1, -0.05) is 12.1 Å². The summed E-state index contributed by atoms with van der Waals surface area (Å²) in [5.74, 6) is 0.913. The SMILES string of the molecule is CSc1ccc(-c2cnc(CCO)n2C)cc1. The second-order valence-electron chi connectivity index (χ2n) is 3.82. The second kappa shape index (κ2) is 5.38. The molecule has 1 aromatic carbocycles. The average Bonchev–Trinajstić information content (AvgIpc) is 2.72. The van der Waals surface area contributed by atoms with Gasteiger partial charge in [0.05, 0.1) is 18.5 Å². The first-order valence-corrected chi connectivity index (χ1v) is 6.74. The fourth-order valence-electron chi connectivity index (χ4n) is 1.81. The molecule has 0 amide bonds. The Morgan fingerprint density at radius 1 is 1.29 bits per heavy atom. The molecule has 0 saturated heterocycles. The Morgan fingerprint density at radius 3 is 2.59 bits per heavy atom. The highest BCUT2D eigenvalue weighted by Crippen LogP contribution is 2.23. The molecule has 3 nitrogen and oxygen atoms in total. The number of hydrogen-bond donors (Lipinski definition) is 1. The molecule has 0 aliphatic rings. The first-order valence-electron chi connectivity index (χ1n) is 5.52. The summed E-state index contributed by atoms with van der Waals surface area (Å²) in [4.78, 5) is 5.58. The molecule has 1 N–H and O–H groups in total. The Bertz CT molecular complexity index is 491. The molecule has 1 aromatic heterocycles. The van der Waals surface area contributed by atoms with Gasteiger partial charge in [-0.05, 0) is 24.0 Å². The van der Waals surface area contributed by atoms with Crippen molar-refractivity contribution in [3.05, 3.63) is 36.3 Å². The zero-order valence-corrected chi connectivity index (χ0v) is 10.9. The molecule has 0 aliphatic carbocycles. The summed E-state index contributed by atoms with van der Waals surface area (Å²) in [6, 6.07) is 8.43. The lowest BCUT2D eigenvalue weighted by Crippen LogP contribution is -2.02. The van der Waals surface area contributed by atoms with Gasteiger partial charge in [-0.15, -0.1) is 11.8 Å². The fourth-order valence-corrected chi connectivity index (χ4v) is 2.22. The van der Waals surface area contributed by atoms with Crippen LogP contribution in [0.5, 0.6) is 0 Å². The Labute approximate surface area is 106 Å². The lowest BCUT2D eigenvalue weighted by atomic mass is 10.2. The van der Waals surface area contributed by atoms with Crippen molar-refractivity contribution in [2.24, 2.45) is 7.05 Å². The van der Waals surface area contributed by atoms with Crippen molar-refractivity contribution >= 4 is 11.8 Å². The maximum Gasteiger partial charge on any atom is 0.111 e. The van der Waals surface area contributed by atoms with E-state index < -0.39 is 0 Å². The molecule has 2 rings (SSSR count). The maximum absolute atomic E-state index is 8.94. The molecule has 90 valence electrons. The average molecular weight is 248 g/mol. The molecule has 1 heterocycles. The quantitative estimate of drug-likeness (QED) is 0.844. The Hall–Kier alpha value is -1.26. The molecule has 17 heavy (non-hydrogen) atoms. The van der Waals surface area contributed by atoms with Crippen molar-refractivity contribution in [2.75, 3.05) is 12.9 Å². The van der Waals surface area contributed by atoms with E-state index in [1.807, 2.05) is 17.8 Å². The third-order valence-corrected chi connectivity index (χ3v) is 3.55. The van der Waals surface area contributed by atoms with E-state index in [9.17, 15) is 0 Å². The predicted octanol–water partition coefficient (Wildman–Crippen LogP) is 2.34. The summed E-state index contributed by atoms with van der Waals surface area (Å²) in [6.07, 6.45) is 4.52. The summed E-state index contributed by atoms with van der Waals surface area (Å²) >= 11 is 1.73. The summed E-state index contributed by atoms with van der Waals surface area (Å²) in [7, 11) is 1.98. The molecular formula is C13H16N2OS. The number of benzene rings is 1. The van der Waals surface area contributed by atoms with Gasteiger partial charge in [-0.2, -0.15) is 0 Å². The number of aliphatic hydroxyl groups excluding tert-OH is 1. The van der Waals surface area contributed by atoms with Crippen LogP contribution in [0.3, 0.4) is 0 Å². The number of aliphatic hydroxyl groups is 1. The number of aromatic nitrogens is 2. The molecule has 0 bridgehead atoms. The third kappa shape index (κ3) is 2.53. The maximum atomic E-state index is 8.94. The highest BCUT2D eigenvalue weighted by molar-refractivity contribution is 7.98. The lowest BCUT2D eigenvalue weighted by molar-refractivity contribution is 0.295. The van der Waals surface area contributed by atoms with Gasteiger partial charge in [0.2, 0.25) is 0 Å². The van der Waals surface area contributed by atoms with Gasteiger partial charge in [-0.3, -0.25) is 0 Å². The van der Waals surface area contributed by atoms with Crippen molar-refractivity contribution in [3.8, 4) is 11.3 Å². The number of rotatable bonds is 4. The van der Waals surface area contributed by atoms with Gasteiger partial charge >= 0.3 is 0 Å². The minimum atomic E-state index is 0.135. The number of hydrogen-bond acceptors (Lipinski definition) is 3. The van der Waals surface area contributed by atoms with Gasteiger partial charge < -0.3 is 9.67 Å². The molecule has 0 saturated carbocycles. The highest BCUT2D eigenvalue weighted by Gasteiger charge is 2.07. The normalized spacial score (nSPS) is 10.8. The van der Waals surface area contributed by atoms with E-state index in [1.54, 1.807) is 11.8 Å². The Kier molecular flexibility index (Phi) is 3.86. The molecule has 2 aromatic rings. The Morgan fingerprint density at radius 2 is 2.00 bits per heavy atom. The number of imidazole rings is 1. The van der Waals surface area contributed by atoms with Crippen molar-refractivity contribution in [1.29, 1.82) is 0 Å². The molecule has 0 radical (unpaired) electrons. The Balaban J connectivity index is 2.32. The summed E-state index contributed by atoms with van der Waals surface area (Å²) in [5.41, 5.74) is 2.24. The number of nitrogens with zero attached hydrogens (tertiary/aromatic N) is 2. The van der Waals surface area contributed by atoms with E-state index in [1.165, 1.54) is 4.90 Å². The van der Waals surface area contributed by atoms with Crippen LogP contribution in [0.2, 0.25) is 0 Å². The van der Waals surface area contributed by atoms with Crippen LogP contribution in [0.15, 0.2) is 35.4 Å². The molecule has 0 fully saturated rings. The largest absolute Gasteiger partial charge is 0.396 e. The van der Waals surface area contributed by atoms with Crippen LogP contribution in [0.25, 0.3) is 11.3 Å². The first kappa shape index (κ1) is 12.2. The molecule has 0 aliphatic heterocycles. The highest BCUT2D eigenvalue weighted by atomic mass is 32.2. The van der Waals surface area contributed by atoms with E-state index in [0.717, 1.165) is 17.1 Å². The summed E-state index contributed by atoms with van der Waals surface area (Å²) in [5, 5.41) is 8.94. The fraction of sp³-hybridized carbons (Fsp3) is 0.308. The zero-order valence-electron chi connectivity index (χ0n) is 10.1. The van der Waals surface area contributed by atoms with Crippen LogP contribution in [0, 0.1) is 0 Å². The van der Waals surface area contributed by atoms with Gasteiger partial charge in [-0.25, -0.2) is 4.98 Å². The van der Waals surface area contributed by atoms with Crippen LogP contribution >= 0.6 is 11.8 Å². The first-order chi connectivity index (χ1) is 8.26. The van der Waals surface area contributed by atoms with E-state index in [0.29, 0.717) is 6.42 Å². The second-order valence-corrected chi connectivity index (χ2v) is 4.70. The predicted molar refractivity (Wildman–Crippen MR) is 71.2 cm³/mol. The zero-order chi connectivity index (χ0) is 12.3. The molecule has 4 heteroatoms. The van der Waals surface area contributed by atoms with Crippen LogP contribution in [0.1, 0.15) is 5.82 Å². The smallest absolute Gasteiger partial charge is 0.111 e. The van der Waals surface area contributed by atoms with Crippen LogP contribution in [0.4, 0.5) is 0 Å². The van der Waals surface area contributed by atoms with Crippen LogP contribution in [-0.4, -0.2) is 27.5 Å². The molecular weight excluding hydrogens is 232 g/mol. The van der Waals surface area contributed by atoms with Crippen molar-refractivity contribution in [1.82, 2.24) is 9.55 Å². The number of thioether (sulfide) groups is 1. The topological polar surface area (TPSA) is 38.1 Å². The summed E-state index contributed by atoms with van der Waals surface area (Å²) < 4.78 is 2.03. The lowest BCUT2D eigenvalue weighted by Gasteiger charge is -2.06. The molecule has 0 unspecified atom stereocenters. The minimum Gasteiger partial charge on any atom is -0.396 e. The van der Waals surface area contributed by atoms with E-state index >= 15 is 0 Å². The molecule has 0 atom stereocenters. The molecule has 0 spiro atoms. The minimum absolute atomic E-state index is 0.135. The van der Waals surface area contributed by atoms with E-state index in [4.69, 9.17) is 5.11 Å².